The predicted octanol–water partition coefficient (Wildman–Crippen LogP) is 3.38. The van der Waals surface area contributed by atoms with Crippen LogP contribution < -0.4 is 5.32 Å². The van der Waals surface area contributed by atoms with E-state index in [4.69, 9.17) is 9.15 Å². The summed E-state index contributed by atoms with van der Waals surface area (Å²) in [6.45, 7) is 9.96. The number of oxazole rings is 1. The SMILES string of the molecule is C=Cc1cccc(-c2cnc(C(=O)N[C@@H]3C[C@@H](Cn4ccnn4)N(C(=O)OC(C)(C)C)C3)o2)c1. The van der Waals surface area contributed by atoms with Crippen molar-refractivity contribution in [1.82, 2.24) is 30.2 Å². The minimum atomic E-state index is -0.631. The lowest BCUT2D eigenvalue weighted by molar-refractivity contribution is 0.0207. The molecule has 34 heavy (non-hydrogen) atoms. The molecule has 3 heterocycles. The van der Waals surface area contributed by atoms with E-state index in [1.807, 2.05) is 45.0 Å². The minimum absolute atomic E-state index is 0.0393. The highest BCUT2D eigenvalue weighted by atomic mass is 16.6. The second-order valence-corrected chi connectivity index (χ2v) is 9.18. The third kappa shape index (κ3) is 5.51. The van der Waals surface area contributed by atoms with Gasteiger partial charge in [-0.1, -0.05) is 36.1 Å². The summed E-state index contributed by atoms with van der Waals surface area (Å²) in [6.07, 6.45) is 6.66. The molecule has 2 atom stereocenters. The average molecular weight is 465 g/mol. The normalized spacial score (nSPS) is 18.0. The number of amides is 2. The van der Waals surface area contributed by atoms with Crippen LogP contribution in [0.5, 0.6) is 0 Å². The van der Waals surface area contributed by atoms with Crippen LogP contribution >= 0.6 is 0 Å². The van der Waals surface area contributed by atoms with Gasteiger partial charge in [0.15, 0.2) is 5.76 Å². The fraction of sp³-hybridized carbons (Fsp3) is 0.375. The number of aromatic nitrogens is 4. The van der Waals surface area contributed by atoms with E-state index in [-0.39, 0.29) is 18.0 Å². The van der Waals surface area contributed by atoms with E-state index in [0.717, 1.165) is 11.1 Å². The van der Waals surface area contributed by atoms with E-state index < -0.39 is 17.6 Å². The van der Waals surface area contributed by atoms with Crippen molar-refractivity contribution >= 4 is 18.1 Å². The Balaban J connectivity index is 1.45. The van der Waals surface area contributed by atoms with E-state index >= 15 is 0 Å². The first-order valence-electron chi connectivity index (χ1n) is 11.0. The van der Waals surface area contributed by atoms with Gasteiger partial charge >= 0.3 is 12.0 Å². The van der Waals surface area contributed by atoms with Gasteiger partial charge in [0, 0.05) is 24.3 Å². The van der Waals surface area contributed by atoms with Crippen LogP contribution in [-0.4, -0.2) is 61.1 Å². The second-order valence-electron chi connectivity index (χ2n) is 9.18. The van der Waals surface area contributed by atoms with E-state index in [0.29, 0.717) is 25.3 Å². The lowest BCUT2D eigenvalue weighted by Gasteiger charge is -2.28. The van der Waals surface area contributed by atoms with Gasteiger partial charge in [0.2, 0.25) is 0 Å². The Morgan fingerprint density at radius 2 is 2.18 bits per heavy atom. The molecule has 1 N–H and O–H groups in total. The fourth-order valence-corrected chi connectivity index (χ4v) is 3.86. The van der Waals surface area contributed by atoms with Crippen LogP contribution in [0, 0.1) is 0 Å². The Kier molecular flexibility index (Phi) is 6.49. The third-order valence-electron chi connectivity index (χ3n) is 5.35. The Bertz CT molecular complexity index is 1160. The molecule has 0 spiro atoms. The summed E-state index contributed by atoms with van der Waals surface area (Å²) in [4.78, 5) is 31.4. The number of hydrogen-bond donors (Lipinski definition) is 1. The maximum Gasteiger partial charge on any atom is 0.410 e. The van der Waals surface area contributed by atoms with E-state index in [9.17, 15) is 9.59 Å². The smallest absolute Gasteiger partial charge is 0.410 e. The zero-order valence-corrected chi connectivity index (χ0v) is 19.5. The van der Waals surface area contributed by atoms with Gasteiger partial charge in [-0.15, -0.1) is 5.10 Å². The predicted molar refractivity (Wildman–Crippen MR) is 125 cm³/mol. The first-order chi connectivity index (χ1) is 16.2. The number of rotatable bonds is 6. The molecule has 1 aliphatic rings. The molecule has 2 amide bonds. The zero-order valence-electron chi connectivity index (χ0n) is 19.5. The van der Waals surface area contributed by atoms with E-state index in [2.05, 4.69) is 27.2 Å². The largest absolute Gasteiger partial charge is 0.444 e. The van der Waals surface area contributed by atoms with Crippen molar-refractivity contribution in [2.75, 3.05) is 6.54 Å². The lowest BCUT2D eigenvalue weighted by atomic mass is 10.1. The number of hydrogen-bond acceptors (Lipinski definition) is 7. The maximum absolute atomic E-state index is 12.9. The molecule has 1 aliphatic heterocycles. The molecule has 1 aromatic carbocycles. The third-order valence-corrected chi connectivity index (χ3v) is 5.35. The Labute approximate surface area is 197 Å². The lowest BCUT2D eigenvalue weighted by Crippen LogP contribution is -2.43. The van der Waals surface area contributed by atoms with Crippen LogP contribution in [0.4, 0.5) is 4.79 Å². The monoisotopic (exact) mass is 464 g/mol. The molecule has 4 rings (SSSR count). The molecule has 3 aromatic rings. The standard InChI is InChI=1S/C24H28N6O4/c1-5-16-7-6-8-17(11-16)20-13-25-22(33-20)21(31)27-18-12-19(15-29-10-9-26-28-29)30(14-18)23(32)34-24(2,3)4/h5-11,13,18-19H,1,12,14-15H2,2-4H3,(H,27,31)/t18-,19+/m1/s1. The summed E-state index contributed by atoms with van der Waals surface area (Å²) in [6, 6.07) is 7.07. The molecule has 0 radical (unpaired) electrons. The molecule has 2 aromatic heterocycles. The van der Waals surface area contributed by atoms with Gasteiger partial charge in [-0.3, -0.25) is 9.48 Å². The minimum Gasteiger partial charge on any atom is -0.444 e. The van der Waals surface area contributed by atoms with Gasteiger partial charge in [-0.05, 0) is 38.8 Å². The number of carbonyl (C=O) groups excluding carboxylic acids is 2. The number of likely N-dealkylation sites (tertiary alicyclic amines) is 1. The molecule has 0 unspecified atom stereocenters. The van der Waals surface area contributed by atoms with Crippen molar-refractivity contribution in [1.29, 1.82) is 0 Å². The summed E-state index contributed by atoms with van der Waals surface area (Å²) < 4.78 is 12.9. The maximum atomic E-state index is 12.9. The van der Waals surface area contributed by atoms with Gasteiger partial charge in [-0.2, -0.15) is 0 Å². The van der Waals surface area contributed by atoms with Crippen LogP contribution in [0.25, 0.3) is 17.4 Å². The van der Waals surface area contributed by atoms with Crippen molar-refractivity contribution in [3.05, 3.63) is 60.9 Å². The van der Waals surface area contributed by atoms with Crippen molar-refractivity contribution in [2.24, 2.45) is 0 Å². The first-order valence-corrected chi connectivity index (χ1v) is 11.0. The zero-order chi connectivity index (χ0) is 24.3. The molecular formula is C24H28N6O4. The van der Waals surface area contributed by atoms with Crippen LogP contribution in [0.3, 0.4) is 0 Å². The molecule has 1 fully saturated rings. The van der Waals surface area contributed by atoms with Crippen molar-refractivity contribution in [2.45, 2.75) is 51.4 Å². The molecular weight excluding hydrogens is 436 g/mol. The quantitative estimate of drug-likeness (QED) is 0.594. The molecule has 1 saturated heterocycles. The molecule has 0 bridgehead atoms. The molecule has 10 nitrogen and oxygen atoms in total. The van der Waals surface area contributed by atoms with Crippen molar-refractivity contribution < 1.29 is 18.7 Å². The number of nitrogens with zero attached hydrogens (tertiary/aromatic N) is 5. The number of ether oxygens (including phenoxy) is 1. The highest BCUT2D eigenvalue weighted by Crippen LogP contribution is 2.24. The summed E-state index contributed by atoms with van der Waals surface area (Å²) in [5, 5.41) is 10.7. The topological polar surface area (TPSA) is 115 Å². The van der Waals surface area contributed by atoms with Crippen LogP contribution in [0.15, 0.2) is 53.9 Å². The Hall–Kier alpha value is -3.95. The highest BCUT2D eigenvalue weighted by molar-refractivity contribution is 5.90. The Morgan fingerprint density at radius 1 is 1.35 bits per heavy atom. The van der Waals surface area contributed by atoms with Crippen molar-refractivity contribution in [3.63, 3.8) is 0 Å². The van der Waals surface area contributed by atoms with Gasteiger partial charge in [0.1, 0.15) is 5.60 Å². The number of carbonyl (C=O) groups is 2. The average Bonchev–Trinajstić information content (AvgIpc) is 3.54. The first kappa shape index (κ1) is 23.2. The van der Waals surface area contributed by atoms with Gasteiger partial charge in [-0.25, -0.2) is 9.78 Å². The molecule has 178 valence electrons. The van der Waals surface area contributed by atoms with Crippen LogP contribution in [0.1, 0.15) is 43.4 Å². The second kappa shape index (κ2) is 9.50. The van der Waals surface area contributed by atoms with Gasteiger partial charge in [0.25, 0.3) is 5.89 Å². The van der Waals surface area contributed by atoms with Gasteiger partial charge < -0.3 is 19.4 Å². The Morgan fingerprint density at radius 3 is 2.88 bits per heavy atom. The van der Waals surface area contributed by atoms with Crippen LogP contribution in [-0.2, 0) is 11.3 Å². The fourth-order valence-electron chi connectivity index (χ4n) is 3.86. The number of nitrogens with one attached hydrogen (secondary N) is 1. The van der Waals surface area contributed by atoms with E-state index in [1.165, 1.54) is 6.20 Å². The molecule has 0 saturated carbocycles. The number of benzene rings is 1. The summed E-state index contributed by atoms with van der Waals surface area (Å²) in [7, 11) is 0. The summed E-state index contributed by atoms with van der Waals surface area (Å²) >= 11 is 0. The molecule has 0 aliphatic carbocycles. The van der Waals surface area contributed by atoms with Crippen molar-refractivity contribution in [3.8, 4) is 11.3 Å². The van der Waals surface area contributed by atoms with Crippen LogP contribution in [0.2, 0.25) is 0 Å². The summed E-state index contributed by atoms with van der Waals surface area (Å²) in [5.41, 5.74) is 1.11. The van der Waals surface area contributed by atoms with Gasteiger partial charge in [0.05, 0.1) is 25.0 Å². The van der Waals surface area contributed by atoms with E-state index in [1.54, 1.807) is 28.1 Å². The summed E-state index contributed by atoms with van der Waals surface area (Å²) in [5.74, 6) is 0.00364. The molecule has 10 heteroatoms. The highest BCUT2D eigenvalue weighted by Gasteiger charge is 2.39.